The highest BCUT2D eigenvalue weighted by molar-refractivity contribution is 5.77. The molecule has 98 valence electrons. The SMILES string of the molecule is CCCCC(C)C(NC)c1cc2ccccc2o1. The van der Waals surface area contributed by atoms with Crippen LogP contribution in [0, 0.1) is 5.92 Å². The molecule has 18 heavy (non-hydrogen) atoms. The van der Waals surface area contributed by atoms with E-state index in [-0.39, 0.29) is 0 Å². The average molecular weight is 245 g/mol. The van der Waals surface area contributed by atoms with E-state index in [0.29, 0.717) is 12.0 Å². The van der Waals surface area contributed by atoms with Gasteiger partial charge < -0.3 is 9.73 Å². The molecule has 2 heteroatoms. The van der Waals surface area contributed by atoms with E-state index < -0.39 is 0 Å². The predicted octanol–water partition coefficient (Wildman–Crippen LogP) is 4.52. The van der Waals surface area contributed by atoms with Gasteiger partial charge in [-0.2, -0.15) is 0 Å². The third kappa shape index (κ3) is 2.75. The number of unbranched alkanes of at least 4 members (excludes halogenated alkanes) is 1. The number of fused-ring (bicyclic) bond motifs is 1. The van der Waals surface area contributed by atoms with Gasteiger partial charge in [0.1, 0.15) is 11.3 Å². The Morgan fingerprint density at radius 2 is 2.06 bits per heavy atom. The zero-order valence-corrected chi connectivity index (χ0v) is 11.6. The van der Waals surface area contributed by atoms with Crippen molar-refractivity contribution < 1.29 is 4.42 Å². The molecule has 0 bridgehead atoms. The first-order chi connectivity index (χ1) is 8.76. The summed E-state index contributed by atoms with van der Waals surface area (Å²) in [6.07, 6.45) is 3.76. The second kappa shape index (κ2) is 6.05. The minimum absolute atomic E-state index is 0.309. The molecule has 0 spiro atoms. The van der Waals surface area contributed by atoms with Gasteiger partial charge in [-0.25, -0.2) is 0 Å². The number of furan rings is 1. The summed E-state index contributed by atoms with van der Waals surface area (Å²) in [6.45, 7) is 4.53. The second-order valence-corrected chi connectivity index (χ2v) is 5.07. The van der Waals surface area contributed by atoms with E-state index in [9.17, 15) is 0 Å². The standard InChI is InChI=1S/C16H23NO/c1-4-5-8-12(2)16(17-3)15-11-13-9-6-7-10-14(13)18-15/h6-7,9-12,16-17H,4-5,8H2,1-3H3. The topological polar surface area (TPSA) is 25.2 Å². The van der Waals surface area contributed by atoms with E-state index in [0.717, 1.165) is 11.3 Å². The molecule has 2 aromatic rings. The summed E-state index contributed by atoms with van der Waals surface area (Å²) in [4.78, 5) is 0. The van der Waals surface area contributed by atoms with Crippen LogP contribution in [-0.4, -0.2) is 7.05 Å². The highest BCUT2D eigenvalue weighted by Crippen LogP contribution is 2.30. The van der Waals surface area contributed by atoms with Crippen LogP contribution >= 0.6 is 0 Å². The molecule has 1 heterocycles. The van der Waals surface area contributed by atoms with Gasteiger partial charge in [0.25, 0.3) is 0 Å². The lowest BCUT2D eigenvalue weighted by Gasteiger charge is -2.21. The minimum Gasteiger partial charge on any atom is -0.459 e. The summed E-state index contributed by atoms with van der Waals surface area (Å²) >= 11 is 0. The Morgan fingerprint density at radius 3 is 2.72 bits per heavy atom. The number of para-hydroxylation sites is 1. The summed E-state index contributed by atoms with van der Waals surface area (Å²) in [6, 6.07) is 10.7. The van der Waals surface area contributed by atoms with Crippen LogP contribution in [0.5, 0.6) is 0 Å². The normalized spacial score (nSPS) is 14.8. The molecule has 0 fully saturated rings. The van der Waals surface area contributed by atoms with Crippen molar-refractivity contribution in [3.63, 3.8) is 0 Å². The Bertz CT molecular complexity index is 456. The second-order valence-electron chi connectivity index (χ2n) is 5.07. The number of hydrogen-bond acceptors (Lipinski definition) is 2. The van der Waals surface area contributed by atoms with Crippen LogP contribution in [-0.2, 0) is 0 Å². The van der Waals surface area contributed by atoms with Crippen molar-refractivity contribution in [2.24, 2.45) is 5.92 Å². The van der Waals surface area contributed by atoms with E-state index >= 15 is 0 Å². The lowest BCUT2D eigenvalue weighted by atomic mass is 9.94. The average Bonchev–Trinajstić information content (AvgIpc) is 2.80. The van der Waals surface area contributed by atoms with E-state index in [1.807, 2.05) is 19.2 Å². The van der Waals surface area contributed by atoms with E-state index in [2.05, 4.69) is 37.4 Å². The third-order valence-corrected chi connectivity index (χ3v) is 3.64. The molecular formula is C16H23NO. The van der Waals surface area contributed by atoms with Gasteiger partial charge in [-0.15, -0.1) is 0 Å². The summed E-state index contributed by atoms with van der Waals surface area (Å²) < 4.78 is 5.96. The zero-order chi connectivity index (χ0) is 13.0. The maximum absolute atomic E-state index is 5.96. The van der Waals surface area contributed by atoms with E-state index in [1.165, 1.54) is 24.6 Å². The Labute approximate surface area is 109 Å². The molecule has 1 N–H and O–H groups in total. The van der Waals surface area contributed by atoms with Gasteiger partial charge in [-0.3, -0.25) is 0 Å². The monoisotopic (exact) mass is 245 g/mol. The van der Waals surface area contributed by atoms with Gasteiger partial charge >= 0.3 is 0 Å². The molecule has 2 unspecified atom stereocenters. The fourth-order valence-corrected chi connectivity index (χ4v) is 2.56. The number of rotatable bonds is 6. The summed E-state index contributed by atoms with van der Waals surface area (Å²) in [5.41, 5.74) is 0.982. The first-order valence-electron chi connectivity index (χ1n) is 6.92. The Kier molecular flexibility index (Phi) is 4.43. The quantitative estimate of drug-likeness (QED) is 0.809. The molecule has 0 saturated carbocycles. The molecule has 1 aromatic carbocycles. The van der Waals surface area contributed by atoms with Crippen molar-refractivity contribution in [2.45, 2.75) is 39.2 Å². The van der Waals surface area contributed by atoms with Crippen LogP contribution in [0.3, 0.4) is 0 Å². The lowest BCUT2D eigenvalue weighted by molar-refractivity contribution is 0.329. The summed E-state index contributed by atoms with van der Waals surface area (Å²) in [5, 5.41) is 4.58. The fraction of sp³-hybridized carbons (Fsp3) is 0.500. The van der Waals surface area contributed by atoms with Gasteiger partial charge in [-0.1, -0.05) is 44.9 Å². The Morgan fingerprint density at radius 1 is 1.28 bits per heavy atom. The smallest absolute Gasteiger partial charge is 0.134 e. The van der Waals surface area contributed by atoms with Crippen molar-refractivity contribution in [3.8, 4) is 0 Å². The fourth-order valence-electron chi connectivity index (χ4n) is 2.56. The molecule has 2 atom stereocenters. The van der Waals surface area contributed by atoms with Crippen molar-refractivity contribution >= 4 is 11.0 Å². The zero-order valence-electron chi connectivity index (χ0n) is 11.6. The molecule has 0 amide bonds. The van der Waals surface area contributed by atoms with Crippen LogP contribution < -0.4 is 5.32 Å². The number of benzene rings is 1. The molecule has 0 aliphatic carbocycles. The largest absolute Gasteiger partial charge is 0.459 e. The van der Waals surface area contributed by atoms with Crippen molar-refractivity contribution in [2.75, 3.05) is 7.05 Å². The first kappa shape index (κ1) is 13.2. The summed E-state index contributed by atoms with van der Waals surface area (Å²) in [5.74, 6) is 1.65. The lowest BCUT2D eigenvalue weighted by Crippen LogP contribution is -2.23. The molecule has 2 rings (SSSR count). The van der Waals surface area contributed by atoms with Gasteiger partial charge in [0.2, 0.25) is 0 Å². The van der Waals surface area contributed by atoms with E-state index in [1.54, 1.807) is 0 Å². The van der Waals surface area contributed by atoms with Crippen molar-refractivity contribution in [1.82, 2.24) is 5.32 Å². The van der Waals surface area contributed by atoms with E-state index in [4.69, 9.17) is 4.42 Å². The third-order valence-electron chi connectivity index (χ3n) is 3.64. The maximum Gasteiger partial charge on any atom is 0.134 e. The summed E-state index contributed by atoms with van der Waals surface area (Å²) in [7, 11) is 2.01. The Hall–Kier alpha value is -1.28. The molecule has 0 aliphatic heterocycles. The van der Waals surface area contributed by atoms with Crippen LogP contribution in [0.1, 0.15) is 44.9 Å². The molecule has 0 saturated heterocycles. The number of nitrogens with one attached hydrogen (secondary N) is 1. The first-order valence-corrected chi connectivity index (χ1v) is 6.92. The molecular weight excluding hydrogens is 222 g/mol. The molecule has 0 radical (unpaired) electrons. The minimum atomic E-state index is 0.309. The molecule has 1 aromatic heterocycles. The van der Waals surface area contributed by atoms with Gasteiger partial charge in [0, 0.05) is 5.39 Å². The van der Waals surface area contributed by atoms with Crippen molar-refractivity contribution in [1.29, 1.82) is 0 Å². The van der Waals surface area contributed by atoms with Gasteiger partial charge in [-0.05, 0) is 31.5 Å². The highest BCUT2D eigenvalue weighted by atomic mass is 16.3. The number of hydrogen-bond donors (Lipinski definition) is 1. The Balaban J connectivity index is 2.20. The highest BCUT2D eigenvalue weighted by Gasteiger charge is 2.20. The van der Waals surface area contributed by atoms with Crippen molar-refractivity contribution in [3.05, 3.63) is 36.1 Å². The van der Waals surface area contributed by atoms with Crippen LogP contribution in [0.15, 0.2) is 34.7 Å². The maximum atomic E-state index is 5.96. The predicted molar refractivity (Wildman–Crippen MR) is 76.7 cm³/mol. The van der Waals surface area contributed by atoms with Crippen LogP contribution in [0.2, 0.25) is 0 Å². The van der Waals surface area contributed by atoms with Gasteiger partial charge in [0.05, 0.1) is 6.04 Å². The molecule has 0 aliphatic rings. The van der Waals surface area contributed by atoms with Crippen LogP contribution in [0.4, 0.5) is 0 Å². The van der Waals surface area contributed by atoms with Crippen LogP contribution in [0.25, 0.3) is 11.0 Å². The molecule has 2 nitrogen and oxygen atoms in total. The van der Waals surface area contributed by atoms with Gasteiger partial charge in [0.15, 0.2) is 0 Å².